The van der Waals surface area contributed by atoms with Crippen molar-refractivity contribution in [3.8, 4) is 0 Å². The number of nitrogens with zero attached hydrogens (tertiary/aromatic N) is 2. The molecule has 17 heavy (non-hydrogen) atoms. The Kier molecular flexibility index (Phi) is 3.54. The van der Waals surface area contributed by atoms with Gasteiger partial charge in [-0.25, -0.2) is 8.42 Å². The van der Waals surface area contributed by atoms with Crippen LogP contribution in [0, 0.1) is 0 Å². The van der Waals surface area contributed by atoms with Crippen LogP contribution in [-0.4, -0.2) is 36.6 Å². The third kappa shape index (κ3) is 2.37. The Morgan fingerprint density at radius 1 is 1.41 bits per heavy atom. The summed E-state index contributed by atoms with van der Waals surface area (Å²) in [6.07, 6.45) is 5.83. The van der Waals surface area contributed by atoms with Crippen LogP contribution in [0.4, 0.5) is 0 Å². The van der Waals surface area contributed by atoms with Gasteiger partial charge in [0.1, 0.15) is 11.2 Å². The first-order valence-corrected chi connectivity index (χ1v) is 6.97. The lowest BCUT2D eigenvalue weighted by Crippen LogP contribution is -2.44. The van der Waals surface area contributed by atoms with Crippen LogP contribution in [0.15, 0.2) is 29.4 Å². The highest BCUT2D eigenvalue weighted by atomic mass is 32.2. The number of sulfonamides is 1. The zero-order valence-corrected chi connectivity index (χ0v) is 10.1. The van der Waals surface area contributed by atoms with E-state index in [0.29, 0.717) is 19.3 Å². The summed E-state index contributed by atoms with van der Waals surface area (Å²) in [5, 5.41) is 0. The van der Waals surface area contributed by atoms with E-state index >= 15 is 0 Å². The molecule has 5 nitrogen and oxygen atoms in total. The maximum atomic E-state index is 12.3. The highest BCUT2D eigenvalue weighted by molar-refractivity contribution is 7.89. The van der Waals surface area contributed by atoms with E-state index in [4.69, 9.17) is 0 Å². The quantitative estimate of drug-likeness (QED) is 0.749. The highest BCUT2D eigenvalue weighted by Gasteiger charge is 2.33. The van der Waals surface area contributed by atoms with Crippen LogP contribution in [-0.2, 0) is 14.8 Å². The molecule has 1 aliphatic rings. The van der Waals surface area contributed by atoms with Crippen molar-refractivity contribution in [3.63, 3.8) is 0 Å². The summed E-state index contributed by atoms with van der Waals surface area (Å²) in [5.74, 6) is 0. The third-order valence-electron chi connectivity index (χ3n) is 2.90. The van der Waals surface area contributed by atoms with Gasteiger partial charge in [-0.2, -0.15) is 4.31 Å². The minimum atomic E-state index is -3.58. The maximum Gasteiger partial charge on any atom is 0.245 e. The van der Waals surface area contributed by atoms with E-state index in [1.165, 1.54) is 22.8 Å². The first-order chi connectivity index (χ1) is 8.16. The summed E-state index contributed by atoms with van der Waals surface area (Å²) in [5.41, 5.74) is 0. The van der Waals surface area contributed by atoms with Crippen molar-refractivity contribution in [2.24, 2.45) is 0 Å². The summed E-state index contributed by atoms with van der Waals surface area (Å²) in [4.78, 5) is 14.9. The predicted molar refractivity (Wildman–Crippen MR) is 61.8 cm³/mol. The topological polar surface area (TPSA) is 67.3 Å². The second-order valence-corrected chi connectivity index (χ2v) is 5.89. The normalized spacial score (nSPS) is 22.2. The number of pyridine rings is 1. The Bertz CT molecular complexity index is 487. The van der Waals surface area contributed by atoms with Gasteiger partial charge in [0.2, 0.25) is 10.0 Å². The number of carbonyl (C=O) groups excluding carboxylic acids is 1. The summed E-state index contributed by atoms with van der Waals surface area (Å²) in [6.45, 7) is 0.403. The van der Waals surface area contributed by atoms with Gasteiger partial charge in [-0.15, -0.1) is 0 Å². The number of aldehydes is 1. The summed E-state index contributed by atoms with van der Waals surface area (Å²) in [7, 11) is -3.58. The van der Waals surface area contributed by atoms with E-state index in [0.717, 1.165) is 12.8 Å². The van der Waals surface area contributed by atoms with Crippen LogP contribution < -0.4 is 0 Å². The molecule has 0 amide bonds. The lowest BCUT2D eigenvalue weighted by atomic mass is 10.1. The highest BCUT2D eigenvalue weighted by Crippen LogP contribution is 2.23. The Morgan fingerprint density at radius 3 is 2.88 bits per heavy atom. The molecule has 0 radical (unpaired) electrons. The van der Waals surface area contributed by atoms with Crippen molar-refractivity contribution in [1.82, 2.24) is 9.29 Å². The molecule has 1 fully saturated rings. The van der Waals surface area contributed by atoms with Gasteiger partial charge in [-0.1, -0.05) is 6.42 Å². The summed E-state index contributed by atoms with van der Waals surface area (Å²) < 4.78 is 25.8. The zero-order valence-electron chi connectivity index (χ0n) is 9.32. The second kappa shape index (κ2) is 4.93. The summed E-state index contributed by atoms with van der Waals surface area (Å²) >= 11 is 0. The minimum absolute atomic E-state index is 0.147. The van der Waals surface area contributed by atoms with E-state index in [1.807, 2.05) is 0 Å². The average Bonchev–Trinajstić information content (AvgIpc) is 2.39. The fraction of sp³-hybridized carbons (Fsp3) is 0.455. The van der Waals surface area contributed by atoms with Crippen molar-refractivity contribution in [1.29, 1.82) is 0 Å². The largest absolute Gasteiger partial charge is 0.302 e. The molecule has 92 valence electrons. The van der Waals surface area contributed by atoms with Gasteiger partial charge in [0.15, 0.2) is 0 Å². The molecule has 6 heteroatoms. The molecular formula is C11H14N2O3S. The maximum absolute atomic E-state index is 12.3. The SMILES string of the molecule is O=CC1CCCCN1S(=O)(=O)c1cccnc1. The first kappa shape index (κ1) is 12.2. The molecule has 0 aliphatic carbocycles. The number of hydrogen-bond acceptors (Lipinski definition) is 4. The Balaban J connectivity index is 2.34. The van der Waals surface area contributed by atoms with Crippen LogP contribution in [0.3, 0.4) is 0 Å². The van der Waals surface area contributed by atoms with Crippen LogP contribution in [0.1, 0.15) is 19.3 Å². The lowest BCUT2D eigenvalue weighted by molar-refractivity contribution is -0.111. The molecule has 0 bridgehead atoms. The van der Waals surface area contributed by atoms with E-state index in [2.05, 4.69) is 4.98 Å². The van der Waals surface area contributed by atoms with E-state index in [1.54, 1.807) is 6.07 Å². The molecule has 1 saturated heterocycles. The Morgan fingerprint density at radius 2 is 2.24 bits per heavy atom. The smallest absolute Gasteiger partial charge is 0.245 e. The van der Waals surface area contributed by atoms with Crippen LogP contribution in [0.25, 0.3) is 0 Å². The molecule has 2 rings (SSSR count). The van der Waals surface area contributed by atoms with Crippen molar-refractivity contribution >= 4 is 16.3 Å². The van der Waals surface area contributed by atoms with Crippen molar-refractivity contribution < 1.29 is 13.2 Å². The standard InChI is InChI=1S/C11H14N2O3S/c14-9-10-4-1-2-7-13(10)17(15,16)11-5-3-6-12-8-11/h3,5-6,8-10H,1-2,4,7H2. The fourth-order valence-electron chi connectivity index (χ4n) is 2.00. The van der Waals surface area contributed by atoms with Gasteiger partial charge >= 0.3 is 0 Å². The molecule has 1 aromatic rings. The molecule has 0 saturated carbocycles. The average molecular weight is 254 g/mol. The van der Waals surface area contributed by atoms with E-state index in [-0.39, 0.29) is 4.90 Å². The Labute approximate surface area is 101 Å². The van der Waals surface area contributed by atoms with Gasteiger partial charge < -0.3 is 4.79 Å². The van der Waals surface area contributed by atoms with Crippen molar-refractivity contribution in [2.75, 3.05) is 6.54 Å². The molecule has 0 aromatic carbocycles. The fourth-order valence-corrected chi connectivity index (χ4v) is 3.60. The number of hydrogen-bond donors (Lipinski definition) is 0. The van der Waals surface area contributed by atoms with Gasteiger partial charge in [0.25, 0.3) is 0 Å². The molecule has 0 N–H and O–H groups in total. The Hall–Kier alpha value is -1.27. The third-order valence-corrected chi connectivity index (χ3v) is 4.80. The molecule has 1 aromatic heterocycles. The van der Waals surface area contributed by atoms with E-state index in [9.17, 15) is 13.2 Å². The first-order valence-electron chi connectivity index (χ1n) is 5.53. The second-order valence-electron chi connectivity index (χ2n) is 4.00. The van der Waals surface area contributed by atoms with Crippen LogP contribution in [0.2, 0.25) is 0 Å². The monoisotopic (exact) mass is 254 g/mol. The van der Waals surface area contributed by atoms with E-state index < -0.39 is 16.1 Å². The molecule has 1 unspecified atom stereocenters. The molecule has 1 aliphatic heterocycles. The van der Waals surface area contributed by atoms with Crippen molar-refractivity contribution in [2.45, 2.75) is 30.2 Å². The predicted octanol–water partition coefficient (Wildman–Crippen LogP) is 0.824. The summed E-state index contributed by atoms with van der Waals surface area (Å²) in [6, 6.07) is 2.54. The van der Waals surface area contributed by atoms with Gasteiger partial charge in [0.05, 0.1) is 6.04 Å². The molecular weight excluding hydrogens is 240 g/mol. The van der Waals surface area contributed by atoms with Crippen LogP contribution >= 0.6 is 0 Å². The zero-order chi connectivity index (χ0) is 12.3. The van der Waals surface area contributed by atoms with Crippen molar-refractivity contribution in [3.05, 3.63) is 24.5 Å². The number of carbonyl (C=O) groups is 1. The van der Waals surface area contributed by atoms with Crippen LogP contribution in [0.5, 0.6) is 0 Å². The van der Waals surface area contributed by atoms with Gasteiger partial charge in [-0.3, -0.25) is 4.98 Å². The molecule has 0 spiro atoms. The molecule has 1 atom stereocenters. The number of aromatic nitrogens is 1. The number of piperidine rings is 1. The number of rotatable bonds is 3. The minimum Gasteiger partial charge on any atom is -0.302 e. The van der Waals surface area contributed by atoms with Gasteiger partial charge in [0, 0.05) is 18.9 Å². The lowest BCUT2D eigenvalue weighted by Gasteiger charge is -2.31. The van der Waals surface area contributed by atoms with Gasteiger partial charge in [-0.05, 0) is 25.0 Å². The molecule has 2 heterocycles.